The van der Waals surface area contributed by atoms with Crippen molar-refractivity contribution in [2.45, 2.75) is 0 Å². The monoisotopic (exact) mass is 404 g/mol. The summed E-state index contributed by atoms with van der Waals surface area (Å²) < 4.78 is 6.43. The molecule has 0 radical (unpaired) electrons. The van der Waals surface area contributed by atoms with Crippen molar-refractivity contribution >= 4 is 44.4 Å². The summed E-state index contributed by atoms with van der Waals surface area (Å²) in [5.41, 5.74) is -0.0377. The molecule has 0 saturated carbocycles. The number of fused-ring (bicyclic) bond motifs is 2. The summed E-state index contributed by atoms with van der Waals surface area (Å²) >= 11 is 1.20. The van der Waals surface area contributed by atoms with Crippen LogP contribution in [0.3, 0.4) is 0 Å². The number of aromatic nitrogens is 2. The molecule has 9 heteroatoms. The SMILES string of the molecule is O=c1oc2ccccc2cc1C1=NN=C(n2[nH]c(=O)c3ccccc3c2=O)SC1. The van der Waals surface area contributed by atoms with E-state index in [2.05, 4.69) is 15.3 Å². The lowest BCUT2D eigenvalue weighted by Crippen LogP contribution is -2.35. The molecule has 142 valence electrons. The van der Waals surface area contributed by atoms with E-state index in [-0.39, 0.29) is 5.17 Å². The fourth-order valence-corrected chi connectivity index (χ4v) is 3.97. The first kappa shape index (κ1) is 17.4. The van der Waals surface area contributed by atoms with Crippen LogP contribution in [0.4, 0.5) is 0 Å². The largest absolute Gasteiger partial charge is 0.422 e. The topological polar surface area (TPSA) is 110 Å². The summed E-state index contributed by atoms with van der Waals surface area (Å²) in [6.45, 7) is 0. The van der Waals surface area contributed by atoms with Gasteiger partial charge in [-0.3, -0.25) is 14.7 Å². The van der Waals surface area contributed by atoms with Gasteiger partial charge >= 0.3 is 5.63 Å². The number of H-pyrrole nitrogens is 1. The molecule has 0 amide bonds. The van der Waals surface area contributed by atoms with Gasteiger partial charge in [0.25, 0.3) is 11.1 Å². The summed E-state index contributed by atoms with van der Waals surface area (Å²) in [4.78, 5) is 37.3. The second-order valence-electron chi connectivity index (χ2n) is 6.33. The van der Waals surface area contributed by atoms with Gasteiger partial charge in [0, 0.05) is 11.1 Å². The average Bonchev–Trinajstić information content (AvgIpc) is 2.76. The molecule has 1 aliphatic heterocycles. The minimum absolute atomic E-state index is 0.228. The predicted octanol–water partition coefficient (Wildman–Crippen LogP) is 2.15. The van der Waals surface area contributed by atoms with Crippen molar-refractivity contribution in [2.75, 3.05) is 5.75 Å². The smallest absolute Gasteiger partial charge is 0.345 e. The third-order valence-electron chi connectivity index (χ3n) is 4.56. The zero-order chi connectivity index (χ0) is 20.0. The number of nitrogens with zero attached hydrogens (tertiary/aromatic N) is 3. The zero-order valence-electron chi connectivity index (χ0n) is 14.8. The molecule has 4 aromatic rings. The highest BCUT2D eigenvalue weighted by Crippen LogP contribution is 2.18. The molecular formula is C20H12N4O4S. The zero-order valence-corrected chi connectivity index (χ0v) is 15.6. The lowest BCUT2D eigenvalue weighted by molar-refractivity contribution is 0.559. The van der Waals surface area contributed by atoms with Gasteiger partial charge in [0.15, 0.2) is 0 Å². The van der Waals surface area contributed by atoms with Gasteiger partial charge < -0.3 is 4.42 Å². The van der Waals surface area contributed by atoms with Gasteiger partial charge in [0.05, 0.1) is 22.0 Å². The van der Waals surface area contributed by atoms with Gasteiger partial charge in [-0.15, -0.1) is 5.10 Å². The van der Waals surface area contributed by atoms with Gasteiger partial charge in [0.2, 0.25) is 5.17 Å². The number of nitrogens with one attached hydrogen (secondary N) is 1. The standard InChI is InChI=1S/C20H12N4O4S/c25-17-12-6-2-3-7-13(12)18(26)24(23-17)20-22-21-15(10-29-20)14-9-11-5-1-4-8-16(11)28-19(14)27/h1-9H,10H2,(H,23,25). The maximum absolute atomic E-state index is 12.7. The highest BCUT2D eigenvalue weighted by atomic mass is 32.2. The van der Waals surface area contributed by atoms with Crippen LogP contribution in [0.15, 0.2) is 83.6 Å². The number of hydrogen-bond acceptors (Lipinski definition) is 7. The first-order valence-corrected chi connectivity index (χ1v) is 9.65. The van der Waals surface area contributed by atoms with Gasteiger partial charge in [-0.2, -0.15) is 9.78 Å². The second kappa shape index (κ2) is 6.71. The van der Waals surface area contributed by atoms with Crippen LogP contribution in [-0.2, 0) is 0 Å². The number of para-hydroxylation sites is 1. The molecule has 0 atom stereocenters. The van der Waals surface area contributed by atoms with E-state index in [0.29, 0.717) is 33.4 Å². The Morgan fingerprint density at radius 1 is 0.966 bits per heavy atom. The van der Waals surface area contributed by atoms with Crippen LogP contribution in [-0.4, -0.2) is 26.4 Å². The van der Waals surface area contributed by atoms with E-state index in [4.69, 9.17) is 4.42 Å². The predicted molar refractivity (Wildman–Crippen MR) is 113 cm³/mol. The van der Waals surface area contributed by atoms with Crippen molar-refractivity contribution in [2.24, 2.45) is 10.2 Å². The van der Waals surface area contributed by atoms with E-state index in [1.807, 2.05) is 12.1 Å². The van der Waals surface area contributed by atoms with Crippen molar-refractivity contribution in [3.8, 4) is 0 Å². The summed E-state index contributed by atoms with van der Waals surface area (Å²) in [7, 11) is 0. The summed E-state index contributed by atoms with van der Waals surface area (Å²) in [6, 6.07) is 15.5. The van der Waals surface area contributed by atoms with E-state index >= 15 is 0 Å². The summed E-state index contributed by atoms with van der Waals surface area (Å²) in [6.07, 6.45) is 0. The summed E-state index contributed by atoms with van der Waals surface area (Å²) in [5, 5.41) is 12.3. The molecule has 1 N–H and O–H groups in total. The molecular weight excluding hydrogens is 392 g/mol. The molecule has 0 aliphatic carbocycles. The number of hydrogen-bond donors (Lipinski definition) is 1. The normalized spacial score (nSPS) is 14.1. The fourth-order valence-electron chi connectivity index (χ4n) is 3.13. The van der Waals surface area contributed by atoms with E-state index in [1.165, 1.54) is 11.8 Å². The van der Waals surface area contributed by atoms with E-state index in [9.17, 15) is 14.4 Å². The Morgan fingerprint density at radius 2 is 1.72 bits per heavy atom. The van der Waals surface area contributed by atoms with Crippen LogP contribution in [0, 0.1) is 0 Å². The van der Waals surface area contributed by atoms with Crippen molar-refractivity contribution in [1.29, 1.82) is 0 Å². The quantitative estimate of drug-likeness (QED) is 0.489. The lowest BCUT2D eigenvalue weighted by atomic mass is 10.1. The van der Waals surface area contributed by atoms with Gasteiger partial charge in [-0.25, -0.2) is 4.79 Å². The van der Waals surface area contributed by atoms with Crippen LogP contribution in [0.25, 0.3) is 21.7 Å². The molecule has 5 rings (SSSR count). The van der Waals surface area contributed by atoms with E-state index < -0.39 is 16.7 Å². The van der Waals surface area contributed by atoms with E-state index in [0.717, 1.165) is 10.1 Å². The summed E-state index contributed by atoms with van der Waals surface area (Å²) in [5.74, 6) is 0.295. The lowest BCUT2D eigenvalue weighted by Gasteiger charge is -2.13. The van der Waals surface area contributed by atoms with Crippen LogP contribution in [0.1, 0.15) is 5.56 Å². The minimum atomic E-state index is -0.502. The van der Waals surface area contributed by atoms with Crippen LogP contribution in [0.2, 0.25) is 0 Å². The molecule has 0 saturated heterocycles. The van der Waals surface area contributed by atoms with Crippen molar-refractivity contribution in [3.05, 3.63) is 91.3 Å². The van der Waals surface area contributed by atoms with Gasteiger partial charge in [-0.1, -0.05) is 42.1 Å². The molecule has 29 heavy (non-hydrogen) atoms. The minimum Gasteiger partial charge on any atom is -0.422 e. The average molecular weight is 404 g/mol. The van der Waals surface area contributed by atoms with Crippen molar-refractivity contribution in [3.63, 3.8) is 0 Å². The first-order chi connectivity index (χ1) is 14.1. The molecule has 0 fully saturated rings. The Balaban J connectivity index is 1.60. The number of rotatable bonds is 1. The molecule has 1 aliphatic rings. The Bertz CT molecular complexity index is 1530. The van der Waals surface area contributed by atoms with Crippen LogP contribution < -0.4 is 16.7 Å². The molecule has 0 bridgehead atoms. The number of thioether (sulfide) groups is 1. The Morgan fingerprint density at radius 3 is 2.52 bits per heavy atom. The molecule has 2 aromatic carbocycles. The molecule has 8 nitrogen and oxygen atoms in total. The Labute approximate surface area is 166 Å². The van der Waals surface area contributed by atoms with Gasteiger partial charge in [-0.05, 0) is 24.3 Å². The molecule has 3 heterocycles. The highest BCUT2D eigenvalue weighted by Gasteiger charge is 2.20. The van der Waals surface area contributed by atoms with Crippen LogP contribution in [0.5, 0.6) is 0 Å². The number of aromatic amines is 1. The third kappa shape index (κ3) is 2.92. The van der Waals surface area contributed by atoms with Gasteiger partial charge in [0.1, 0.15) is 5.58 Å². The third-order valence-corrected chi connectivity index (χ3v) is 5.50. The Hall–Kier alpha value is -3.72. The maximum Gasteiger partial charge on any atom is 0.345 e. The second-order valence-corrected chi connectivity index (χ2v) is 7.27. The van der Waals surface area contributed by atoms with Crippen LogP contribution >= 0.6 is 11.8 Å². The molecule has 0 unspecified atom stereocenters. The fraction of sp³-hybridized carbons (Fsp3) is 0.0500. The first-order valence-electron chi connectivity index (χ1n) is 8.67. The highest BCUT2D eigenvalue weighted by molar-refractivity contribution is 8.14. The molecule has 0 spiro atoms. The Kier molecular flexibility index (Phi) is 4.02. The van der Waals surface area contributed by atoms with E-state index in [1.54, 1.807) is 42.5 Å². The van der Waals surface area contributed by atoms with Crippen molar-refractivity contribution < 1.29 is 4.42 Å². The van der Waals surface area contributed by atoms with Crippen molar-refractivity contribution in [1.82, 2.24) is 9.78 Å². The maximum atomic E-state index is 12.7. The molecule has 2 aromatic heterocycles. The number of benzene rings is 2.